The molecule has 1 aliphatic heterocycles. The van der Waals surface area contributed by atoms with Gasteiger partial charge in [0, 0.05) is 23.3 Å². The van der Waals surface area contributed by atoms with E-state index >= 15 is 0 Å². The van der Waals surface area contributed by atoms with Gasteiger partial charge in [0.25, 0.3) is 5.91 Å². The van der Waals surface area contributed by atoms with Gasteiger partial charge in [-0.05, 0) is 26.0 Å². The lowest BCUT2D eigenvalue weighted by atomic mass is 10.1. The zero-order valence-electron chi connectivity index (χ0n) is 14.2. The van der Waals surface area contributed by atoms with E-state index in [0.717, 1.165) is 22.3 Å². The summed E-state index contributed by atoms with van der Waals surface area (Å²) >= 11 is 0. The number of aryl methyl sites for hydroxylation is 2. The predicted octanol–water partition coefficient (Wildman–Crippen LogP) is 2.18. The number of hydrogen-bond donors (Lipinski definition) is 1. The molecule has 1 aromatic carbocycles. The Bertz CT molecular complexity index is 916. The molecule has 0 saturated carbocycles. The second-order valence-corrected chi connectivity index (χ2v) is 6.24. The van der Waals surface area contributed by atoms with Crippen LogP contribution in [-0.4, -0.2) is 50.7 Å². The minimum absolute atomic E-state index is 0.102. The first-order valence-electron chi connectivity index (χ1n) is 8.28. The summed E-state index contributed by atoms with van der Waals surface area (Å²) in [6.07, 6.45) is -0.318. The van der Waals surface area contributed by atoms with Gasteiger partial charge in [-0.2, -0.15) is 5.10 Å². The summed E-state index contributed by atoms with van der Waals surface area (Å²) in [5.41, 5.74) is 3.09. The van der Waals surface area contributed by atoms with E-state index in [1.54, 1.807) is 4.90 Å². The summed E-state index contributed by atoms with van der Waals surface area (Å²) in [7, 11) is 0. The molecular weight excluding hydrogens is 318 g/mol. The monoisotopic (exact) mass is 337 g/mol. The van der Waals surface area contributed by atoms with Crippen molar-refractivity contribution in [1.82, 2.24) is 25.1 Å². The molecule has 4 rings (SSSR count). The lowest BCUT2D eigenvalue weighted by Crippen LogP contribution is -2.43. The van der Waals surface area contributed by atoms with Crippen LogP contribution in [0.25, 0.3) is 10.9 Å². The van der Waals surface area contributed by atoms with Crippen LogP contribution in [-0.2, 0) is 4.74 Å². The fraction of sp³-hybridized carbons (Fsp3) is 0.333. The summed E-state index contributed by atoms with van der Waals surface area (Å²) in [6.45, 7) is 5.26. The van der Waals surface area contributed by atoms with Crippen LogP contribution < -0.4 is 0 Å². The molecule has 3 aromatic rings. The molecule has 0 radical (unpaired) electrons. The van der Waals surface area contributed by atoms with Gasteiger partial charge in [0.1, 0.15) is 6.10 Å². The molecule has 0 unspecified atom stereocenters. The van der Waals surface area contributed by atoms with Gasteiger partial charge in [0.15, 0.2) is 11.5 Å². The first-order chi connectivity index (χ1) is 12.1. The first-order valence-corrected chi connectivity index (χ1v) is 8.28. The average molecular weight is 337 g/mol. The highest BCUT2D eigenvalue weighted by atomic mass is 16.5. The number of ether oxygens (including phenoxy) is 1. The highest BCUT2D eigenvalue weighted by Gasteiger charge is 2.29. The second-order valence-electron chi connectivity index (χ2n) is 6.24. The van der Waals surface area contributed by atoms with Crippen molar-refractivity contribution in [2.45, 2.75) is 20.0 Å². The smallest absolute Gasteiger partial charge is 0.275 e. The summed E-state index contributed by atoms with van der Waals surface area (Å²) < 4.78 is 5.81. The maximum atomic E-state index is 12.9. The molecule has 25 heavy (non-hydrogen) atoms. The van der Waals surface area contributed by atoms with Gasteiger partial charge in [0.05, 0.1) is 18.7 Å². The third-order valence-electron chi connectivity index (χ3n) is 4.31. The number of morpholine rings is 1. The summed E-state index contributed by atoms with van der Waals surface area (Å²) in [5.74, 6) is 0.525. The summed E-state index contributed by atoms with van der Waals surface area (Å²) in [6, 6.07) is 9.55. The zero-order chi connectivity index (χ0) is 17.4. The zero-order valence-corrected chi connectivity index (χ0v) is 14.2. The maximum absolute atomic E-state index is 12.9. The maximum Gasteiger partial charge on any atom is 0.275 e. The first kappa shape index (κ1) is 15.7. The normalized spacial score (nSPS) is 17.8. The van der Waals surface area contributed by atoms with Gasteiger partial charge in [-0.1, -0.05) is 18.2 Å². The number of carbonyl (C=O) groups is 1. The van der Waals surface area contributed by atoms with Crippen LogP contribution >= 0.6 is 0 Å². The number of hydrogen-bond acceptors (Lipinski definition) is 5. The number of amides is 1. The molecule has 1 saturated heterocycles. The number of fused-ring (bicyclic) bond motifs is 1. The minimum atomic E-state index is -0.318. The standard InChI is InChI=1S/C18H19N5O2/c1-11-9-12(2)20-17(19-11)15-10-23(7-8-25-15)18(24)16-13-5-3-4-6-14(13)21-22-16/h3-6,9,15H,7-8,10H2,1-2H3,(H,21,22)/t15-/m1/s1. The van der Waals surface area contributed by atoms with E-state index in [9.17, 15) is 4.79 Å². The largest absolute Gasteiger partial charge is 0.367 e. The van der Waals surface area contributed by atoms with Crippen molar-refractivity contribution < 1.29 is 9.53 Å². The van der Waals surface area contributed by atoms with Crippen LogP contribution in [0.1, 0.15) is 33.8 Å². The van der Waals surface area contributed by atoms with E-state index in [1.807, 2.05) is 44.2 Å². The average Bonchev–Trinajstić information content (AvgIpc) is 3.04. The number of H-pyrrole nitrogens is 1. The number of nitrogens with one attached hydrogen (secondary N) is 1. The van der Waals surface area contributed by atoms with E-state index in [-0.39, 0.29) is 12.0 Å². The van der Waals surface area contributed by atoms with Crippen LogP contribution in [0.4, 0.5) is 0 Å². The Kier molecular flexibility index (Phi) is 3.93. The van der Waals surface area contributed by atoms with Gasteiger partial charge < -0.3 is 9.64 Å². The van der Waals surface area contributed by atoms with Crippen molar-refractivity contribution in [3.63, 3.8) is 0 Å². The number of nitrogens with zero attached hydrogens (tertiary/aromatic N) is 4. The number of carbonyl (C=O) groups excluding carboxylic acids is 1. The van der Waals surface area contributed by atoms with Crippen molar-refractivity contribution in [3.8, 4) is 0 Å². The van der Waals surface area contributed by atoms with E-state index in [4.69, 9.17) is 4.74 Å². The van der Waals surface area contributed by atoms with Gasteiger partial charge in [-0.3, -0.25) is 9.89 Å². The third-order valence-corrected chi connectivity index (χ3v) is 4.31. The number of benzene rings is 1. The van der Waals surface area contributed by atoms with Gasteiger partial charge in [0.2, 0.25) is 0 Å². The number of rotatable bonds is 2. The minimum Gasteiger partial charge on any atom is -0.367 e. The van der Waals surface area contributed by atoms with Crippen LogP contribution in [0.15, 0.2) is 30.3 Å². The molecule has 7 nitrogen and oxygen atoms in total. The fourth-order valence-corrected chi connectivity index (χ4v) is 3.16. The van der Waals surface area contributed by atoms with Gasteiger partial charge >= 0.3 is 0 Å². The molecule has 0 aliphatic carbocycles. The molecule has 3 heterocycles. The topological polar surface area (TPSA) is 84.0 Å². The van der Waals surface area contributed by atoms with E-state index < -0.39 is 0 Å². The molecular formula is C18H19N5O2. The van der Waals surface area contributed by atoms with Crippen LogP contribution in [0, 0.1) is 13.8 Å². The second kappa shape index (κ2) is 6.25. The fourth-order valence-electron chi connectivity index (χ4n) is 3.16. The Hall–Kier alpha value is -2.80. The van der Waals surface area contributed by atoms with Crippen LogP contribution in [0.3, 0.4) is 0 Å². The molecule has 2 aromatic heterocycles. The van der Waals surface area contributed by atoms with E-state index in [0.29, 0.717) is 31.2 Å². The molecule has 0 spiro atoms. The third kappa shape index (κ3) is 2.98. The van der Waals surface area contributed by atoms with E-state index in [2.05, 4.69) is 20.2 Å². The molecule has 7 heteroatoms. The highest BCUT2D eigenvalue weighted by molar-refractivity contribution is 6.04. The van der Waals surface area contributed by atoms with Crippen molar-refractivity contribution in [2.24, 2.45) is 0 Å². The Balaban J connectivity index is 1.59. The van der Waals surface area contributed by atoms with Crippen molar-refractivity contribution >= 4 is 16.8 Å². The Morgan fingerprint density at radius 3 is 2.80 bits per heavy atom. The SMILES string of the molecule is Cc1cc(C)nc([C@H]2CN(C(=O)c3n[nH]c4ccccc34)CCO2)n1. The van der Waals surface area contributed by atoms with Crippen molar-refractivity contribution in [3.05, 3.63) is 53.2 Å². The van der Waals surface area contributed by atoms with Crippen LogP contribution in [0.2, 0.25) is 0 Å². The number of para-hydroxylation sites is 1. The molecule has 1 atom stereocenters. The quantitative estimate of drug-likeness (QED) is 0.775. The highest BCUT2D eigenvalue weighted by Crippen LogP contribution is 2.23. The molecule has 1 N–H and O–H groups in total. The Labute approximate surface area is 145 Å². The van der Waals surface area contributed by atoms with Crippen LogP contribution in [0.5, 0.6) is 0 Å². The van der Waals surface area contributed by atoms with Gasteiger partial charge in [-0.15, -0.1) is 0 Å². The molecule has 1 fully saturated rings. The summed E-state index contributed by atoms with van der Waals surface area (Å²) in [5, 5.41) is 7.95. The molecule has 1 aliphatic rings. The van der Waals surface area contributed by atoms with Crippen molar-refractivity contribution in [2.75, 3.05) is 19.7 Å². The number of aromatic nitrogens is 4. The Morgan fingerprint density at radius 1 is 1.24 bits per heavy atom. The van der Waals surface area contributed by atoms with Crippen molar-refractivity contribution in [1.29, 1.82) is 0 Å². The van der Waals surface area contributed by atoms with E-state index in [1.165, 1.54) is 0 Å². The Morgan fingerprint density at radius 2 is 2.00 bits per heavy atom. The van der Waals surface area contributed by atoms with Gasteiger partial charge in [-0.25, -0.2) is 9.97 Å². The molecule has 128 valence electrons. The summed E-state index contributed by atoms with van der Waals surface area (Å²) in [4.78, 5) is 23.6. The lowest BCUT2D eigenvalue weighted by Gasteiger charge is -2.32. The molecule has 0 bridgehead atoms. The predicted molar refractivity (Wildman–Crippen MR) is 92.2 cm³/mol. The lowest BCUT2D eigenvalue weighted by molar-refractivity contribution is -0.0270. The number of aromatic amines is 1. The molecule has 1 amide bonds.